The van der Waals surface area contributed by atoms with Gasteiger partial charge in [0.15, 0.2) is 0 Å². The van der Waals surface area contributed by atoms with Crippen molar-refractivity contribution < 1.29 is 0 Å². The summed E-state index contributed by atoms with van der Waals surface area (Å²) in [6.45, 7) is 0. The van der Waals surface area contributed by atoms with E-state index in [9.17, 15) is 0 Å². The molecule has 0 spiro atoms. The van der Waals surface area contributed by atoms with Crippen LogP contribution in [0.25, 0.3) is 0 Å². The van der Waals surface area contributed by atoms with Gasteiger partial charge in [0.25, 0.3) is 0 Å². The topological polar surface area (TPSA) is 29.3 Å². The Morgan fingerprint density at radius 2 is 2.09 bits per heavy atom. The average Bonchev–Trinajstić information content (AvgIpc) is 2.05. The van der Waals surface area contributed by atoms with Crippen molar-refractivity contribution in [1.82, 2.24) is 4.90 Å². The van der Waals surface area contributed by atoms with Crippen LogP contribution in [0, 0.1) is 0 Å². The highest BCUT2D eigenvalue weighted by atomic mass is 32.2. The summed E-state index contributed by atoms with van der Waals surface area (Å²) >= 11 is 1.45. The molecule has 0 saturated heterocycles. The quantitative estimate of drug-likeness (QED) is 0.502. The first-order chi connectivity index (χ1) is 5.24. The van der Waals surface area contributed by atoms with Gasteiger partial charge in [-0.15, -0.1) is 0 Å². The van der Waals surface area contributed by atoms with E-state index >= 15 is 0 Å². The SMILES string of the molecule is CN(C)C1C=CC(SN)CC1. The molecule has 0 aromatic heterocycles. The molecule has 1 aliphatic rings. The van der Waals surface area contributed by atoms with Crippen molar-refractivity contribution in [3.63, 3.8) is 0 Å². The maximum absolute atomic E-state index is 5.48. The minimum Gasteiger partial charge on any atom is -0.303 e. The molecule has 1 aliphatic carbocycles. The normalized spacial score (nSPS) is 31.3. The molecule has 0 fully saturated rings. The predicted octanol–water partition coefficient (Wildman–Crippen LogP) is 1.24. The van der Waals surface area contributed by atoms with Crippen LogP contribution in [0.3, 0.4) is 0 Å². The summed E-state index contributed by atoms with van der Waals surface area (Å²) in [5, 5.41) is 6.02. The van der Waals surface area contributed by atoms with E-state index in [2.05, 4.69) is 31.1 Å². The summed E-state index contributed by atoms with van der Waals surface area (Å²) in [5.74, 6) is 0. The first-order valence-corrected chi connectivity index (χ1v) is 4.88. The largest absolute Gasteiger partial charge is 0.303 e. The number of nitrogens with two attached hydrogens (primary N) is 1. The molecule has 2 atom stereocenters. The summed E-state index contributed by atoms with van der Waals surface area (Å²) in [7, 11) is 4.23. The lowest BCUT2D eigenvalue weighted by molar-refractivity contribution is 0.317. The van der Waals surface area contributed by atoms with Crippen LogP contribution in [0.2, 0.25) is 0 Å². The zero-order valence-corrected chi connectivity index (χ0v) is 7.97. The maximum Gasteiger partial charge on any atom is 0.0371 e. The Bertz CT molecular complexity index is 145. The van der Waals surface area contributed by atoms with Gasteiger partial charge >= 0.3 is 0 Å². The lowest BCUT2D eigenvalue weighted by Gasteiger charge is -2.26. The third kappa shape index (κ3) is 2.51. The van der Waals surface area contributed by atoms with Crippen molar-refractivity contribution >= 4 is 11.9 Å². The standard InChI is InChI=1S/C8H16N2S/c1-10(2)7-3-5-8(11-9)6-4-7/h3,5,7-8H,4,6,9H2,1-2H3. The van der Waals surface area contributed by atoms with Crippen LogP contribution in [0.5, 0.6) is 0 Å². The van der Waals surface area contributed by atoms with Crippen LogP contribution in [0.15, 0.2) is 12.2 Å². The molecular formula is C8H16N2S. The molecule has 0 bridgehead atoms. The second kappa shape index (κ2) is 4.14. The minimum absolute atomic E-state index is 0.547. The molecule has 0 radical (unpaired) electrons. The smallest absolute Gasteiger partial charge is 0.0371 e. The van der Waals surface area contributed by atoms with Gasteiger partial charge in [0.1, 0.15) is 0 Å². The number of hydrogen-bond acceptors (Lipinski definition) is 3. The lowest BCUT2D eigenvalue weighted by Crippen LogP contribution is -2.29. The van der Waals surface area contributed by atoms with E-state index in [1.54, 1.807) is 0 Å². The maximum atomic E-state index is 5.48. The van der Waals surface area contributed by atoms with E-state index in [1.807, 2.05) is 0 Å². The highest BCUT2D eigenvalue weighted by Gasteiger charge is 2.15. The van der Waals surface area contributed by atoms with Gasteiger partial charge in [0.2, 0.25) is 0 Å². The lowest BCUT2D eigenvalue weighted by atomic mass is 10.0. The first-order valence-electron chi connectivity index (χ1n) is 3.94. The molecule has 64 valence electrons. The predicted molar refractivity (Wildman–Crippen MR) is 51.4 cm³/mol. The monoisotopic (exact) mass is 172 g/mol. The molecule has 0 aliphatic heterocycles. The van der Waals surface area contributed by atoms with E-state index in [0.29, 0.717) is 11.3 Å². The summed E-state index contributed by atoms with van der Waals surface area (Å²) in [4.78, 5) is 2.24. The summed E-state index contributed by atoms with van der Waals surface area (Å²) in [6.07, 6.45) is 6.92. The van der Waals surface area contributed by atoms with Crippen LogP contribution in [-0.4, -0.2) is 30.3 Å². The van der Waals surface area contributed by atoms with Crippen LogP contribution in [0.1, 0.15) is 12.8 Å². The number of likely N-dealkylation sites (N-methyl/N-ethyl adjacent to an activating group) is 1. The third-order valence-electron chi connectivity index (χ3n) is 2.13. The molecule has 1 rings (SSSR count). The summed E-state index contributed by atoms with van der Waals surface area (Å²) in [6, 6.07) is 0.624. The fourth-order valence-corrected chi connectivity index (χ4v) is 1.78. The van der Waals surface area contributed by atoms with Crippen LogP contribution in [-0.2, 0) is 0 Å². The molecular weight excluding hydrogens is 156 g/mol. The van der Waals surface area contributed by atoms with Crippen LogP contribution >= 0.6 is 11.9 Å². The van der Waals surface area contributed by atoms with Crippen molar-refractivity contribution in [2.24, 2.45) is 5.14 Å². The van der Waals surface area contributed by atoms with Gasteiger partial charge in [-0.1, -0.05) is 24.1 Å². The van der Waals surface area contributed by atoms with Crippen molar-refractivity contribution in [1.29, 1.82) is 0 Å². The molecule has 0 amide bonds. The Hall–Kier alpha value is 0.01000. The summed E-state index contributed by atoms with van der Waals surface area (Å²) < 4.78 is 0. The fourth-order valence-electron chi connectivity index (χ4n) is 1.32. The molecule has 0 saturated carbocycles. The summed E-state index contributed by atoms with van der Waals surface area (Å²) in [5.41, 5.74) is 0. The van der Waals surface area contributed by atoms with Crippen molar-refractivity contribution in [3.8, 4) is 0 Å². The van der Waals surface area contributed by atoms with Crippen molar-refractivity contribution in [2.75, 3.05) is 14.1 Å². The molecule has 0 heterocycles. The van der Waals surface area contributed by atoms with Gasteiger partial charge in [-0.2, -0.15) is 0 Å². The van der Waals surface area contributed by atoms with Gasteiger partial charge in [0.05, 0.1) is 0 Å². The molecule has 2 unspecified atom stereocenters. The molecule has 11 heavy (non-hydrogen) atoms. The number of nitrogens with zero attached hydrogens (tertiary/aromatic N) is 1. The number of hydrogen-bond donors (Lipinski definition) is 1. The zero-order valence-electron chi connectivity index (χ0n) is 7.16. The first kappa shape index (κ1) is 9.10. The minimum atomic E-state index is 0.547. The molecule has 3 heteroatoms. The second-order valence-corrected chi connectivity index (χ2v) is 4.05. The van der Waals surface area contributed by atoms with Gasteiger partial charge in [0, 0.05) is 11.3 Å². The fraction of sp³-hybridized carbons (Fsp3) is 0.750. The Morgan fingerprint density at radius 3 is 2.45 bits per heavy atom. The highest BCUT2D eigenvalue weighted by Crippen LogP contribution is 2.21. The highest BCUT2D eigenvalue weighted by molar-refractivity contribution is 7.97. The van der Waals surface area contributed by atoms with Crippen LogP contribution < -0.4 is 5.14 Å². The zero-order chi connectivity index (χ0) is 8.27. The van der Waals surface area contributed by atoms with Crippen molar-refractivity contribution in [2.45, 2.75) is 24.1 Å². The van der Waals surface area contributed by atoms with Crippen molar-refractivity contribution in [3.05, 3.63) is 12.2 Å². The van der Waals surface area contributed by atoms with Crippen LogP contribution in [0.4, 0.5) is 0 Å². The Labute approximate surface area is 73.0 Å². The van der Waals surface area contributed by atoms with Gasteiger partial charge in [-0.05, 0) is 26.9 Å². The van der Waals surface area contributed by atoms with E-state index < -0.39 is 0 Å². The second-order valence-electron chi connectivity index (χ2n) is 3.17. The average molecular weight is 172 g/mol. The van der Waals surface area contributed by atoms with E-state index in [0.717, 1.165) is 0 Å². The van der Waals surface area contributed by atoms with E-state index in [4.69, 9.17) is 5.14 Å². The molecule has 2 N–H and O–H groups in total. The van der Waals surface area contributed by atoms with Gasteiger partial charge in [-0.3, -0.25) is 5.14 Å². The molecule has 0 aromatic rings. The van der Waals surface area contributed by atoms with E-state index in [-0.39, 0.29) is 0 Å². The molecule has 0 aromatic carbocycles. The van der Waals surface area contributed by atoms with Gasteiger partial charge < -0.3 is 4.90 Å². The van der Waals surface area contributed by atoms with E-state index in [1.165, 1.54) is 24.8 Å². The number of rotatable bonds is 2. The van der Waals surface area contributed by atoms with Gasteiger partial charge in [-0.25, -0.2) is 0 Å². The Morgan fingerprint density at radius 1 is 1.36 bits per heavy atom. The Balaban J connectivity index is 2.42. The third-order valence-corrected chi connectivity index (χ3v) is 2.88. The Kier molecular flexibility index (Phi) is 3.43. The molecule has 2 nitrogen and oxygen atoms in total.